The van der Waals surface area contributed by atoms with Crippen molar-refractivity contribution in [1.82, 2.24) is 5.32 Å². The molecule has 1 aliphatic heterocycles. The molecule has 0 aromatic heterocycles. The highest BCUT2D eigenvalue weighted by Gasteiger charge is 2.17. The van der Waals surface area contributed by atoms with Crippen molar-refractivity contribution in [1.29, 1.82) is 0 Å². The van der Waals surface area contributed by atoms with E-state index in [0.717, 1.165) is 25.1 Å². The number of nitro benzene ring substituents is 1. The molecule has 1 aliphatic rings. The Morgan fingerprint density at radius 3 is 3.00 bits per heavy atom. The largest absolute Gasteiger partial charge is 0.493 e. The maximum absolute atomic E-state index is 10.8. The van der Waals surface area contributed by atoms with Gasteiger partial charge in [-0.15, -0.1) is 0 Å². The standard InChI is InChI=1S/C14H19ClN2O3/c1-10-7-13(17(18)19)12(15)8-14(10)20-6-4-11-3-2-5-16-9-11/h7-8,11,16H,2-6,9H2,1H3. The molecule has 0 spiro atoms. The molecular formula is C14H19ClN2O3. The fourth-order valence-electron chi connectivity index (χ4n) is 2.45. The van der Waals surface area contributed by atoms with Gasteiger partial charge in [-0.1, -0.05) is 11.6 Å². The monoisotopic (exact) mass is 298 g/mol. The Balaban J connectivity index is 1.92. The zero-order chi connectivity index (χ0) is 14.5. The van der Waals surface area contributed by atoms with Gasteiger partial charge >= 0.3 is 0 Å². The minimum Gasteiger partial charge on any atom is -0.493 e. The Morgan fingerprint density at radius 1 is 1.55 bits per heavy atom. The van der Waals surface area contributed by atoms with Gasteiger partial charge in [-0.2, -0.15) is 0 Å². The molecule has 0 radical (unpaired) electrons. The van der Waals surface area contributed by atoms with Gasteiger partial charge in [-0.3, -0.25) is 10.1 Å². The number of rotatable bonds is 5. The van der Waals surface area contributed by atoms with Crippen LogP contribution in [-0.2, 0) is 0 Å². The van der Waals surface area contributed by atoms with Crippen LogP contribution < -0.4 is 10.1 Å². The van der Waals surface area contributed by atoms with Gasteiger partial charge in [0.1, 0.15) is 10.8 Å². The average molecular weight is 299 g/mol. The third-order valence-electron chi connectivity index (χ3n) is 3.62. The van der Waals surface area contributed by atoms with E-state index < -0.39 is 4.92 Å². The topological polar surface area (TPSA) is 64.4 Å². The van der Waals surface area contributed by atoms with Crippen LogP contribution in [0.25, 0.3) is 0 Å². The van der Waals surface area contributed by atoms with Gasteiger partial charge in [0.15, 0.2) is 0 Å². The average Bonchev–Trinajstić information content (AvgIpc) is 2.43. The smallest absolute Gasteiger partial charge is 0.288 e. The fourth-order valence-corrected chi connectivity index (χ4v) is 2.67. The van der Waals surface area contributed by atoms with Crippen LogP contribution in [0.15, 0.2) is 12.1 Å². The zero-order valence-corrected chi connectivity index (χ0v) is 12.3. The van der Waals surface area contributed by atoms with Gasteiger partial charge in [0.25, 0.3) is 5.69 Å². The lowest BCUT2D eigenvalue weighted by molar-refractivity contribution is -0.384. The summed E-state index contributed by atoms with van der Waals surface area (Å²) in [5.41, 5.74) is 0.663. The molecule has 2 rings (SSSR count). The van der Waals surface area contributed by atoms with Crippen LogP contribution in [0.5, 0.6) is 5.75 Å². The Bertz CT molecular complexity index is 488. The van der Waals surface area contributed by atoms with Gasteiger partial charge in [0.2, 0.25) is 0 Å². The van der Waals surface area contributed by atoms with E-state index in [-0.39, 0.29) is 10.7 Å². The van der Waals surface area contributed by atoms with Crippen molar-refractivity contribution in [2.45, 2.75) is 26.2 Å². The van der Waals surface area contributed by atoms with E-state index in [9.17, 15) is 10.1 Å². The molecule has 1 aromatic rings. The van der Waals surface area contributed by atoms with Crippen LogP contribution >= 0.6 is 11.6 Å². The molecule has 6 heteroatoms. The predicted molar refractivity (Wildman–Crippen MR) is 78.5 cm³/mol. The van der Waals surface area contributed by atoms with Crippen molar-refractivity contribution in [3.8, 4) is 5.75 Å². The van der Waals surface area contributed by atoms with Crippen molar-refractivity contribution in [2.24, 2.45) is 5.92 Å². The lowest BCUT2D eigenvalue weighted by atomic mass is 9.97. The third-order valence-corrected chi connectivity index (χ3v) is 3.93. The van der Waals surface area contributed by atoms with Crippen molar-refractivity contribution in [2.75, 3.05) is 19.7 Å². The summed E-state index contributed by atoms with van der Waals surface area (Å²) in [5, 5.41) is 14.3. The first-order chi connectivity index (χ1) is 9.58. The molecule has 0 bridgehead atoms. The number of aryl methyl sites for hydroxylation is 1. The molecular weight excluding hydrogens is 280 g/mol. The van der Waals surface area contributed by atoms with Gasteiger partial charge < -0.3 is 10.1 Å². The second-order valence-electron chi connectivity index (χ2n) is 5.18. The molecule has 1 aromatic carbocycles. The van der Waals surface area contributed by atoms with Crippen LogP contribution in [0.2, 0.25) is 5.02 Å². The van der Waals surface area contributed by atoms with E-state index in [2.05, 4.69) is 5.32 Å². The number of nitrogens with zero attached hydrogens (tertiary/aromatic N) is 1. The summed E-state index contributed by atoms with van der Waals surface area (Å²) in [7, 11) is 0. The van der Waals surface area contributed by atoms with Gasteiger partial charge in [-0.25, -0.2) is 0 Å². The number of piperidine rings is 1. The maximum atomic E-state index is 10.8. The lowest BCUT2D eigenvalue weighted by Gasteiger charge is -2.22. The van der Waals surface area contributed by atoms with Crippen molar-refractivity contribution >= 4 is 17.3 Å². The lowest BCUT2D eigenvalue weighted by Crippen LogP contribution is -2.30. The van der Waals surface area contributed by atoms with Crippen LogP contribution in [0, 0.1) is 23.0 Å². The summed E-state index contributed by atoms with van der Waals surface area (Å²) < 4.78 is 5.72. The number of ether oxygens (including phenoxy) is 1. The molecule has 110 valence electrons. The number of nitro groups is 1. The Kier molecular flexibility index (Phi) is 5.20. The van der Waals surface area contributed by atoms with Crippen LogP contribution in [0.1, 0.15) is 24.8 Å². The highest BCUT2D eigenvalue weighted by molar-refractivity contribution is 6.32. The molecule has 1 fully saturated rings. The summed E-state index contributed by atoms with van der Waals surface area (Å²) in [5.74, 6) is 1.28. The Labute approximate surface area is 123 Å². The van der Waals surface area contributed by atoms with Crippen LogP contribution in [0.4, 0.5) is 5.69 Å². The van der Waals surface area contributed by atoms with Crippen molar-refractivity contribution < 1.29 is 9.66 Å². The van der Waals surface area contributed by atoms with Crippen molar-refractivity contribution in [3.05, 3.63) is 32.8 Å². The van der Waals surface area contributed by atoms with E-state index in [1.807, 2.05) is 0 Å². The second kappa shape index (κ2) is 6.90. The molecule has 1 heterocycles. The minimum absolute atomic E-state index is 0.0759. The predicted octanol–water partition coefficient (Wildman–Crippen LogP) is 3.33. The van der Waals surface area contributed by atoms with Crippen molar-refractivity contribution in [3.63, 3.8) is 0 Å². The summed E-state index contributed by atoms with van der Waals surface area (Å²) in [6.45, 7) is 4.56. The normalized spacial score (nSPS) is 18.8. The molecule has 1 saturated heterocycles. The van der Waals surface area contributed by atoms with E-state index in [4.69, 9.17) is 16.3 Å². The van der Waals surface area contributed by atoms with Gasteiger partial charge in [0.05, 0.1) is 11.5 Å². The summed E-state index contributed by atoms with van der Waals surface area (Å²) in [6, 6.07) is 2.99. The number of hydrogen-bond acceptors (Lipinski definition) is 4. The molecule has 1 atom stereocenters. The van der Waals surface area contributed by atoms with Gasteiger partial charge in [0, 0.05) is 12.1 Å². The number of halogens is 1. The second-order valence-corrected chi connectivity index (χ2v) is 5.58. The zero-order valence-electron chi connectivity index (χ0n) is 11.5. The molecule has 20 heavy (non-hydrogen) atoms. The molecule has 1 unspecified atom stereocenters. The highest BCUT2D eigenvalue weighted by Crippen LogP contribution is 2.32. The molecule has 0 saturated carbocycles. The molecule has 0 amide bonds. The summed E-state index contributed by atoms with van der Waals surface area (Å²) in [6.07, 6.45) is 3.43. The first kappa shape index (κ1) is 15.1. The molecule has 0 aliphatic carbocycles. The van der Waals surface area contributed by atoms with Crippen LogP contribution in [-0.4, -0.2) is 24.6 Å². The molecule has 1 N–H and O–H groups in total. The summed E-state index contributed by atoms with van der Waals surface area (Å²) in [4.78, 5) is 10.3. The third kappa shape index (κ3) is 3.84. The first-order valence-electron chi connectivity index (χ1n) is 6.86. The van der Waals surface area contributed by atoms with E-state index in [1.54, 1.807) is 6.92 Å². The van der Waals surface area contributed by atoms with Crippen LogP contribution in [0.3, 0.4) is 0 Å². The Hall–Kier alpha value is -1.33. The number of benzene rings is 1. The van der Waals surface area contributed by atoms with E-state index in [0.29, 0.717) is 18.3 Å². The maximum Gasteiger partial charge on any atom is 0.288 e. The van der Waals surface area contributed by atoms with E-state index in [1.165, 1.54) is 25.0 Å². The first-order valence-corrected chi connectivity index (χ1v) is 7.24. The molecule has 5 nitrogen and oxygen atoms in total. The minimum atomic E-state index is -0.479. The SMILES string of the molecule is Cc1cc([N+](=O)[O-])c(Cl)cc1OCCC1CCCNC1. The Morgan fingerprint density at radius 2 is 2.35 bits per heavy atom. The number of hydrogen-bond donors (Lipinski definition) is 1. The summed E-state index contributed by atoms with van der Waals surface area (Å²) >= 11 is 5.89. The van der Waals surface area contributed by atoms with Gasteiger partial charge in [-0.05, 0) is 50.8 Å². The highest BCUT2D eigenvalue weighted by atomic mass is 35.5. The fraction of sp³-hybridized carbons (Fsp3) is 0.571. The number of nitrogens with one attached hydrogen (secondary N) is 1. The quantitative estimate of drug-likeness (QED) is 0.669. The van der Waals surface area contributed by atoms with E-state index >= 15 is 0 Å².